The van der Waals surface area contributed by atoms with Crippen molar-refractivity contribution in [3.05, 3.63) is 16.8 Å². The number of hydrogen-bond acceptors (Lipinski definition) is 4. The summed E-state index contributed by atoms with van der Waals surface area (Å²) in [5, 5.41) is 20.5. The van der Waals surface area contributed by atoms with Crippen molar-refractivity contribution in [1.82, 2.24) is 10.2 Å². The first kappa shape index (κ1) is 13.8. The molecule has 0 aliphatic heterocycles. The van der Waals surface area contributed by atoms with E-state index in [1.54, 1.807) is 13.8 Å². The predicted molar refractivity (Wildman–Crippen MR) is 73.5 cm³/mol. The molecule has 0 saturated heterocycles. The van der Waals surface area contributed by atoms with E-state index < -0.39 is 5.97 Å². The summed E-state index contributed by atoms with van der Waals surface area (Å²) >= 11 is 0. The van der Waals surface area contributed by atoms with Crippen LogP contribution in [-0.2, 0) is 0 Å². The third-order valence-electron chi connectivity index (χ3n) is 4.04. The number of carboxylic acid groups (broad SMARTS) is 1. The number of nitrogens with one attached hydrogen (secondary N) is 1. The molecule has 0 atom stereocenters. The van der Waals surface area contributed by atoms with Crippen LogP contribution in [0.4, 0.5) is 5.82 Å². The van der Waals surface area contributed by atoms with Gasteiger partial charge in [0.05, 0.1) is 5.69 Å². The van der Waals surface area contributed by atoms with Crippen molar-refractivity contribution >= 4 is 11.8 Å². The zero-order chi connectivity index (χ0) is 14.0. The van der Waals surface area contributed by atoms with Gasteiger partial charge in [-0.15, -0.1) is 5.10 Å². The Bertz CT molecular complexity index is 496. The molecule has 0 radical (unpaired) electrons. The normalized spacial score (nSPS) is 16.2. The summed E-state index contributed by atoms with van der Waals surface area (Å²) in [7, 11) is 0. The molecule has 0 spiro atoms. The average Bonchev–Trinajstić information content (AvgIpc) is 3.11. The van der Waals surface area contributed by atoms with Crippen molar-refractivity contribution in [2.75, 3.05) is 11.9 Å². The monoisotopic (exact) mass is 263 g/mol. The van der Waals surface area contributed by atoms with E-state index in [-0.39, 0.29) is 5.56 Å². The first-order valence-electron chi connectivity index (χ1n) is 6.80. The highest BCUT2D eigenvalue weighted by Crippen LogP contribution is 2.49. The van der Waals surface area contributed by atoms with Gasteiger partial charge in [-0.05, 0) is 44.1 Å². The fourth-order valence-corrected chi connectivity index (χ4v) is 2.49. The van der Waals surface area contributed by atoms with E-state index in [1.165, 1.54) is 19.3 Å². The van der Waals surface area contributed by atoms with Crippen molar-refractivity contribution in [2.24, 2.45) is 5.41 Å². The minimum Gasteiger partial charge on any atom is -0.478 e. The lowest BCUT2D eigenvalue weighted by molar-refractivity contribution is 0.0696. The molecule has 1 fully saturated rings. The highest BCUT2D eigenvalue weighted by molar-refractivity contribution is 5.94. The summed E-state index contributed by atoms with van der Waals surface area (Å²) in [6.07, 6.45) is 4.77. The summed E-state index contributed by atoms with van der Waals surface area (Å²) in [4.78, 5) is 11.4. The number of aromatic nitrogens is 2. The second-order valence-electron chi connectivity index (χ2n) is 5.54. The van der Waals surface area contributed by atoms with E-state index in [9.17, 15) is 9.90 Å². The second kappa shape index (κ2) is 5.15. The van der Waals surface area contributed by atoms with Gasteiger partial charge in [-0.25, -0.2) is 4.79 Å². The first-order chi connectivity index (χ1) is 8.99. The molecule has 0 bridgehead atoms. The van der Waals surface area contributed by atoms with Crippen LogP contribution < -0.4 is 5.32 Å². The van der Waals surface area contributed by atoms with Crippen LogP contribution in [0.15, 0.2) is 0 Å². The predicted octanol–water partition coefficient (Wildman–Crippen LogP) is 2.78. The molecule has 0 amide bonds. The highest BCUT2D eigenvalue weighted by atomic mass is 16.4. The van der Waals surface area contributed by atoms with Gasteiger partial charge in [0.15, 0.2) is 5.82 Å². The topological polar surface area (TPSA) is 75.1 Å². The zero-order valence-electron chi connectivity index (χ0n) is 11.8. The Labute approximate surface area is 113 Å². The van der Waals surface area contributed by atoms with E-state index in [0.717, 1.165) is 13.0 Å². The summed E-state index contributed by atoms with van der Waals surface area (Å²) in [6.45, 7) is 6.52. The second-order valence-corrected chi connectivity index (χ2v) is 5.54. The molecule has 0 unspecified atom stereocenters. The van der Waals surface area contributed by atoms with E-state index in [2.05, 4.69) is 22.4 Å². The van der Waals surface area contributed by atoms with Crippen molar-refractivity contribution < 1.29 is 9.90 Å². The number of carbonyl (C=O) groups is 1. The lowest BCUT2D eigenvalue weighted by Crippen LogP contribution is -2.19. The molecule has 104 valence electrons. The summed E-state index contributed by atoms with van der Waals surface area (Å²) in [5.74, 6) is -0.545. The fraction of sp³-hybridized carbons (Fsp3) is 0.643. The molecule has 1 saturated carbocycles. The third-order valence-corrected chi connectivity index (χ3v) is 4.04. The van der Waals surface area contributed by atoms with Gasteiger partial charge >= 0.3 is 5.97 Å². The van der Waals surface area contributed by atoms with Gasteiger partial charge in [0.1, 0.15) is 5.56 Å². The van der Waals surface area contributed by atoms with E-state index >= 15 is 0 Å². The molecule has 0 aromatic carbocycles. The zero-order valence-corrected chi connectivity index (χ0v) is 11.8. The van der Waals surface area contributed by atoms with Crippen LogP contribution in [-0.4, -0.2) is 27.8 Å². The SMILES string of the molecule is CCCC1(CNc2nnc(C)c(C)c2C(=O)O)CC1. The molecule has 2 N–H and O–H groups in total. The van der Waals surface area contributed by atoms with Crippen molar-refractivity contribution in [2.45, 2.75) is 46.5 Å². The van der Waals surface area contributed by atoms with Crippen molar-refractivity contribution in [3.63, 3.8) is 0 Å². The Morgan fingerprint density at radius 2 is 2.05 bits per heavy atom. The molecule has 1 heterocycles. The lowest BCUT2D eigenvalue weighted by atomic mass is 10.0. The molecule has 1 aliphatic rings. The molecule has 1 aliphatic carbocycles. The van der Waals surface area contributed by atoms with Crippen LogP contribution >= 0.6 is 0 Å². The van der Waals surface area contributed by atoms with Gasteiger partial charge in [0.25, 0.3) is 0 Å². The fourth-order valence-electron chi connectivity index (χ4n) is 2.49. The largest absolute Gasteiger partial charge is 0.478 e. The Kier molecular flexibility index (Phi) is 3.73. The van der Waals surface area contributed by atoms with Gasteiger partial charge in [0.2, 0.25) is 0 Å². The average molecular weight is 263 g/mol. The Morgan fingerprint density at radius 3 is 2.58 bits per heavy atom. The number of carboxylic acids is 1. The summed E-state index contributed by atoms with van der Waals surface area (Å²) in [6, 6.07) is 0. The third kappa shape index (κ3) is 2.85. The smallest absolute Gasteiger partial charge is 0.339 e. The summed E-state index contributed by atoms with van der Waals surface area (Å²) in [5.41, 5.74) is 1.95. The molecule has 19 heavy (non-hydrogen) atoms. The van der Waals surface area contributed by atoms with E-state index in [0.29, 0.717) is 22.5 Å². The van der Waals surface area contributed by atoms with Gasteiger partial charge in [0, 0.05) is 6.54 Å². The minimum absolute atomic E-state index is 0.250. The Hall–Kier alpha value is -1.65. The van der Waals surface area contributed by atoms with Gasteiger partial charge in [-0.3, -0.25) is 0 Å². The molecule has 5 heteroatoms. The summed E-state index contributed by atoms with van der Waals surface area (Å²) < 4.78 is 0. The maximum absolute atomic E-state index is 11.4. The number of nitrogens with zero attached hydrogens (tertiary/aromatic N) is 2. The molecule has 5 nitrogen and oxygen atoms in total. The number of aromatic carboxylic acids is 1. The Balaban J connectivity index is 2.16. The lowest BCUT2D eigenvalue weighted by Gasteiger charge is -2.17. The Morgan fingerprint density at radius 1 is 1.37 bits per heavy atom. The van der Waals surface area contributed by atoms with Gasteiger partial charge in [-0.2, -0.15) is 5.10 Å². The number of anilines is 1. The van der Waals surface area contributed by atoms with Crippen LogP contribution in [0, 0.1) is 19.3 Å². The number of rotatable bonds is 6. The van der Waals surface area contributed by atoms with Gasteiger partial charge in [-0.1, -0.05) is 13.3 Å². The first-order valence-corrected chi connectivity index (χ1v) is 6.80. The molecular formula is C14H21N3O2. The van der Waals surface area contributed by atoms with Crippen molar-refractivity contribution in [1.29, 1.82) is 0 Å². The van der Waals surface area contributed by atoms with Crippen LogP contribution in [0.2, 0.25) is 0 Å². The van der Waals surface area contributed by atoms with Gasteiger partial charge < -0.3 is 10.4 Å². The molecule has 1 aromatic rings. The van der Waals surface area contributed by atoms with Crippen LogP contribution in [0.3, 0.4) is 0 Å². The molecule has 2 rings (SSSR count). The van der Waals surface area contributed by atoms with E-state index in [4.69, 9.17) is 0 Å². The van der Waals surface area contributed by atoms with Crippen LogP contribution in [0.25, 0.3) is 0 Å². The van der Waals surface area contributed by atoms with Crippen LogP contribution in [0.1, 0.15) is 54.2 Å². The van der Waals surface area contributed by atoms with Crippen LogP contribution in [0.5, 0.6) is 0 Å². The molecular weight excluding hydrogens is 242 g/mol. The minimum atomic E-state index is -0.946. The standard InChI is InChI=1S/C14H21N3O2/c1-4-5-14(6-7-14)8-15-12-11(13(18)19)9(2)10(3)16-17-12/h4-8H2,1-3H3,(H,15,17)(H,18,19). The number of hydrogen-bond donors (Lipinski definition) is 2. The number of aryl methyl sites for hydroxylation is 1. The highest BCUT2D eigenvalue weighted by Gasteiger charge is 2.41. The van der Waals surface area contributed by atoms with Crippen molar-refractivity contribution in [3.8, 4) is 0 Å². The van der Waals surface area contributed by atoms with E-state index in [1.807, 2.05) is 0 Å². The maximum atomic E-state index is 11.4. The molecule has 1 aromatic heterocycles. The maximum Gasteiger partial charge on any atom is 0.339 e. The quantitative estimate of drug-likeness (QED) is 0.825.